The molecule has 2 N–H and O–H groups in total. The van der Waals surface area contributed by atoms with Crippen molar-refractivity contribution >= 4 is 11.9 Å². The van der Waals surface area contributed by atoms with E-state index in [2.05, 4.69) is 5.32 Å². The van der Waals surface area contributed by atoms with Crippen LogP contribution in [0.5, 0.6) is 0 Å². The van der Waals surface area contributed by atoms with Crippen molar-refractivity contribution in [2.45, 2.75) is 12.5 Å². The highest BCUT2D eigenvalue weighted by molar-refractivity contribution is 5.96. The third-order valence-corrected chi connectivity index (χ3v) is 3.02. The smallest absolute Gasteiger partial charge is 0.326 e. The number of aliphatic carboxylic acids is 1. The van der Waals surface area contributed by atoms with E-state index in [1.54, 1.807) is 36.4 Å². The maximum absolute atomic E-state index is 13.6. The number of carboxylic acid groups (broad SMARTS) is 1. The van der Waals surface area contributed by atoms with Gasteiger partial charge in [0.2, 0.25) is 0 Å². The molecule has 21 heavy (non-hydrogen) atoms. The van der Waals surface area contributed by atoms with E-state index in [9.17, 15) is 19.1 Å². The first kappa shape index (κ1) is 14.7. The second kappa shape index (κ2) is 6.65. The van der Waals surface area contributed by atoms with E-state index in [0.29, 0.717) is 5.56 Å². The van der Waals surface area contributed by atoms with E-state index in [1.807, 2.05) is 0 Å². The van der Waals surface area contributed by atoms with Gasteiger partial charge in [0.25, 0.3) is 5.91 Å². The fourth-order valence-corrected chi connectivity index (χ4v) is 1.92. The van der Waals surface area contributed by atoms with Crippen LogP contribution >= 0.6 is 0 Å². The quantitative estimate of drug-likeness (QED) is 0.886. The van der Waals surface area contributed by atoms with Gasteiger partial charge in [0.1, 0.15) is 11.9 Å². The molecule has 0 aliphatic carbocycles. The van der Waals surface area contributed by atoms with Gasteiger partial charge in [-0.2, -0.15) is 0 Å². The van der Waals surface area contributed by atoms with E-state index in [-0.39, 0.29) is 12.0 Å². The monoisotopic (exact) mass is 287 g/mol. The maximum atomic E-state index is 13.6. The Labute approximate surface area is 121 Å². The van der Waals surface area contributed by atoms with E-state index < -0.39 is 23.7 Å². The number of carbonyl (C=O) groups excluding carboxylic acids is 1. The Kier molecular flexibility index (Phi) is 4.66. The second-order valence-electron chi connectivity index (χ2n) is 4.53. The molecule has 0 aliphatic rings. The highest BCUT2D eigenvalue weighted by atomic mass is 19.1. The van der Waals surface area contributed by atoms with Crippen LogP contribution < -0.4 is 5.32 Å². The van der Waals surface area contributed by atoms with E-state index in [4.69, 9.17) is 0 Å². The van der Waals surface area contributed by atoms with Gasteiger partial charge < -0.3 is 10.4 Å². The molecule has 1 unspecified atom stereocenters. The highest BCUT2D eigenvalue weighted by Gasteiger charge is 2.22. The van der Waals surface area contributed by atoms with Crippen molar-refractivity contribution in [2.24, 2.45) is 0 Å². The number of rotatable bonds is 5. The summed E-state index contributed by atoms with van der Waals surface area (Å²) in [4.78, 5) is 23.2. The zero-order valence-corrected chi connectivity index (χ0v) is 11.1. The lowest BCUT2D eigenvalue weighted by Gasteiger charge is -2.15. The molecule has 0 saturated carbocycles. The largest absolute Gasteiger partial charge is 0.480 e. The van der Waals surface area contributed by atoms with Crippen LogP contribution in [0.25, 0.3) is 0 Å². The molecule has 5 heteroatoms. The van der Waals surface area contributed by atoms with Gasteiger partial charge in [-0.05, 0) is 23.8 Å². The minimum Gasteiger partial charge on any atom is -0.480 e. The first-order valence-electron chi connectivity index (χ1n) is 6.40. The summed E-state index contributed by atoms with van der Waals surface area (Å²) in [6, 6.07) is 13.0. The maximum Gasteiger partial charge on any atom is 0.326 e. The molecule has 2 aromatic carbocycles. The third kappa shape index (κ3) is 3.89. The van der Waals surface area contributed by atoms with Crippen LogP contribution in [-0.4, -0.2) is 23.0 Å². The second-order valence-corrected chi connectivity index (χ2v) is 4.53. The zero-order chi connectivity index (χ0) is 15.2. The molecule has 0 fully saturated rings. The molecule has 2 aromatic rings. The number of hydrogen-bond donors (Lipinski definition) is 2. The Morgan fingerprint density at radius 2 is 1.67 bits per heavy atom. The summed E-state index contributed by atoms with van der Waals surface area (Å²) in [6.07, 6.45) is -0.111. The van der Waals surface area contributed by atoms with Gasteiger partial charge in [-0.3, -0.25) is 4.79 Å². The molecule has 0 saturated heterocycles. The van der Waals surface area contributed by atoms with Gasteiger partial charge in [0, 0.05) is 12.0 Å². The topological polar surface area (TPSA) is 66.4 Å². The Morgan fingerprint density at radius 1 is 1.05 bits per heavy atom. The number of halogens is 1. The van der Waals surface area contributed by atoms with Crippen molar-refractivity contribution in [3.8, 4) is 0 Å². The molecule has 1 atom stereocenters. The summed E-state index contributed by atoms with van der Waals surface area (Å²) in [7, 11) is 0. The third-order valence-electron chi connectivity index (χ3n) is 3.02. The van der Waals surface area contributed by atoms with E-state index in [0.717, 1.165) is 0 Å². The van der Waals surface area contributed by atoms with Gasteiger partial charge in [-0.25, -0.2) is 9.18 Å². The van der Waals surface area contributed by atoms with Crippen molar-refractivity contribution in [3.05, 3.63) is 71.5 Å². The average Bonchev–Trinajstić information content (AvgIpc) is 2.49. The van der Waals surface area contributed by atoms with Crippen LogP contribution in [-0.2, 0) is 11.2 Å². The number of carboxylic acids is 1. The molecule has 0 heterocycles. The van der Waals surface area contributed by atoms with Gasteiger partial charge in [-0.15, -0.1) is 0 Å². The zero-order valence-electron chi connectivity index (χ0n) is 11.1. The first-order valence-corrected chi connectivity index (χ1v) is 6.40. The predicted octanol–water partition coefficient (Wildman–Crippen LogP) is 2.25. The van der Waals surface area contributed by atoms with E-state index in [1.165, 1.54) is 18.2 Å². The summed E-state index contributed by atoms with van der Waals surface area (Å²) in [6.45, 7) is 0. The number of carbonyl (C=O) groups is 2. The highest BCUT2D eigenvalue weighted by Crippen LogP contribution is 2.10. The summed E-state index contributed by atoms with van der Waals surface area (Å²) in [5, 5.41) is 11.6. The van der Waals surface area contributed by atoms with E-state index >= 15 is 0 Å². The molecule has 0 aliphatic heterocycles. The van der Waals surface area contributed by atoms with Gasteiger partial charge in [0.05, 0.1) is 0 Å². The van der Waals surface area contributed by atoms with Crippen LogP contribution in [0.3, 0.4) is 0 Å². The summed E-state index contributed by atoms with van der Waals surface area (Å²) in [5.41, 5.74) is 0.607. The van der Waals surface area contributed by atoms with Crippen molar-refractivity contribution in [2.75, 3.05) is 0 Å². The number of hydrogen-bond acceptors (Lipinski definition) is 2. The Morgan fingerprint density at radius 3 is 2.29 bits per heavy atom. The molecule has 0 spiro atoms. The van der Waals surface area contributed by atoms with Crippen molar-refractivity contribution < 1.29 is 19.1 Å². The van der Waals surface area contributed by atoms with Crippen LogP contribution in [0.2, 0.25) is 0 Å². The average molecular weight is 287 g/mol. The minimum absolute atomic E-state index is 0.111. The van der Waals surface area contributed by atoms with Crippen LogP contribution in [0, 0.1) is 5.82 Å². The lowest BCUT2D eigenvalue weighted by molar-refractivity contribution is -0.139. The first-order chi connectivity index (χ1) is 10.1. The van der Waals surface area contributed by atoms with Gasteiger partial charge in [-0.1, -0.05) is 36.4 Å². The SMILES string of the molecule is O=C(NC(Cc1ccccc1F)C(=O)O)c1ccccc1. The Bertz CT molecular complexity index is 643. The van der Waals surface area contributed by atoms with Crippen molar-refractivity contribution in [3.63, 3.8) is 0 Å². The fraction of sp³-hybridized carbons (Fsp3) is 0.125. The molecule has 0 bridgehead atoms. The van der Waals surface area contributed by atoms with Gasteiger partial charge in [0.15, 0.2) is 0 Å². The Balaban J connectivity index is 2.12. The molecule has 0 aromatic heterocycles. The normalized spacial score (nSPS) is 11.7. The lowest BCUT2D eigenvalue weighted by atomic mass is 10.0. The van der Waals surface area contributed by atoms with Crippen LogP contribution in [0.4, 0.5) is 4.39 Å². The summed E-state index contributed by atoms with van der Waals surface area (Å²) in [5.74, 6) is -2.19. The predicted molar refractivity (Wildman–Crippen MR) is 75.4 cm³/mol. The number of benzene rings is 2. The summed E-state index contributed by atoms with van der Waals surface area (Å²) >= 11 is 0. The van der Waals surface area contributed by atoms with Crippen molar-refractivity contribution in [1.29, 1.82) is 0 Å². The molecule has 1 amide bonds. The fourth-order valence-electron chi connectivity index (χ4n) is 1.92. The minimum atomic E-state index is -1.21. The summed E-state index contributed by atoms with van der Waals surface area (Å²) < 4.78 is 13.6. The molecular formula is C16H14FNO3. The lowest BCUT2D eigenvalue weighted by Crippen LogP contribution is -2.42. The Hall–Kier alpha value is -2.69. The molecule has 108 valence electrons. The number of nitrogens with one attached hydrogen (secondary N) is 1. The van der Waals surface area contributed by atoms with Crippen LogP contribution in [0.1, 0.15) is 15.9 Å². The van der Waals surface area contributed by atoms with Gasteiger partial charge >= 0.3 is 5.97 Å². The standard InChI is InChI=1S/C16H14FNO3/c17-13-9-5-4-8-12(13)10-14(16(20)21)18-15(19)11-6-2-1-3-7-11/h1-9,14H,10H2,(H,18,19)(H,20,21). The molecule has 0 radical (unpaired) electrons. The molecule has 4 nitrogen and oxygen atoms in total. The van der Waals surface area contributed by atoms with Crippen LogP contribution in [0.15, 0.2) is 54.6 Å². The van der Waals surface area contributed by atoms with Crippen molar-refractivity contribution in [1.82, 2.24) is 5.32 Å². The molecular weight excluding hydrogens is 273 g/mol. The number of amides is 1. The molecule has 2 rings (SSSR count).